The Labute approximate surface area is 76.0 Å². The molecule has 1 aromatic carbocycles. The first-order valence-electron chi connectivity index (χ1n) is 4.07. The highest BCUT2D eigenvalue weighted by molar-refractivity contribution is 5.81. The SMILES string of the molecule is CNc1ccc2ccc(O)cc2n1. The molecular weight excluding hydrogens is 164 g/mol. The average molecular weight is 174 g/mol. The van der Waals surface area contributed by atoms with Crippen LogP contribution in [0.3, 0.4) is 0 Å². The number of anilines is 1. The molecule has 0 aliphatic heterocycles. The molecule has 0 saturated carbocycles. The van der Waals surface area contributed by atoms with Gasteiger partial charge >= 0.3 is 0 Å². The van der Waals surface area contributed by atoms with Crippen molar-refractivity contribution in [3.8, 4) is 5.75 Å². The van der Waals surface area contributed by atoms with E-state index in [4.69, 9.17) is 0 Å². The number of hydrogen-bond donors (Lipinski definition) is 2. The summed E-state index contributed by atoms with van der Waals surface area (Å²) in [5.74, 6) is 1.05. The minimum absolute atomic E-state index is 0.244. The Morgan fingerprint density at radius 1 is 1.23 bits per heavy atom. The van der Waals surface area contributed by atoms with E-state index in [2.05, 4.69) is 10.3 Å². The summed E-state index contributed by atoms with van der Waals surface area (Å²) >= 11 is 0. The van der Waals surface area contributed by atoms with Gasteiger partial charge in [0.1, 0.15) is 11.6 Å². The lowest BCUT2D eigenvalue weighted by Gasteiger charge is -2.01. The first-order valence-corrected chi connectivity index (χ1v) is 4.07. The van der Waals surface area contributed by atoms with Crippen LogP contribution in [-0.4, -0.2) is 17.1 Å². The number of nitrogens with one attached hydrogen (secondary N) is 1. The van der Waals surface area contributed by atoms with Crippen molar-refractivity contribution in [3.63, 3.8) is 0 Å². The highest BCUT2D eigenvalue weighted by Gasteiger charge is 1.97. The number of benzene rings is 1. The zero-order valence-electron chi connectivity index (χ0n) is 7.28. The Hall–Kier alpha value is -1.77. The summed E-state index contributed by atoms with van der Waals surface area (Å²) in [4.78, 5) is 4.28. The van der Waals surface area contributed by atoms with Crippen LogP contribution in [-0.2, 0) is 0 Å². The van der Waals surface area contributed by atoms with Crippen LogP contribution in [0.2, 0.25) is 0 Å². The number of aromatic hydroxyl groups is 1. The number of phenolic OH excluding ortho intramolecular Hbond substituents is 1. The smallest absolute Gasteiger partial charge is 0.126 e. The molecule has 0 atom stereocenters. The molecule has 0 unspecified atom stereocenters. The Morgan fingerprint density at radius 3 is 2.77 bits per heavy atom. The second-order valence-corrected chi connectivity index (χ2v) is 2.82. The fourth-order valence-electron chi connectivity index (χ4n) is 1.24. The van der Waals surface area contributed by atoms with Crippen LogP contribution in [0.15, 0.2) is 30.3 Å². The fourth-order valence-corrected chi connectivity index (χ4v) is 1.24. The van der Waals surface area contributed by atoms with Crippen molar-refractivity contribution in [1.29, 1.82) is 0 Å². The van der Waals surface area contributed by atoms with E-state index in [9.17, 15) is 5.11 Å². The molecule has 3 heteroatoms. The van der Waals surface area contributed by atoms with E-state index in [1.54, 1.807) is 12.1 Å². The van der Waals surface area contributed by atoms with Gasteiger partial charge in [0.2, 0.25) is 0 Å². The third-order valence-corrected chi connectivity index (χ3v) is 1.93. The lowest BCUT2D eigenvalue weighted by atomic mass is 10.2. The van der Waals surface area contributed by atoms with Crippen molar-refractivity contribution in [2.75, 3.05) is 12.4 Å². The Balaban J connectivity index is 2.68. The minimum Gasteiger partial charge on any atom is -0.508 e. The maximum Gasteiger partial charge on any atom is 0.126 e. The number of phenols is 1. The van der Waals surface area contributed by atoms with Gasteiger partial charge in [-0.25, -0.2) is 4.98 Å². The first-order chi connectivity index (χ1) is 6.29. The second-order valence-electron chi connectivity index (χ2n) is 2.82. The van der Waals surface area contributed by atoms with Crippen molar-refractivity contribution in [2.45, 2.75) is 0 Å². The standard InChI is InChI=1S/C10H10N2O/c1-11-10-5-3-7-2-4-8(13)6-9(7)12-10/h2-6,13H,1H3,(H,11,12). The largest absolute Gasteiger partial charge is 0.508 e. The van der Waals surface area contributed by atoms with Gasteiger partial charge in [-0.15, -0.1) is 0 Å². The zero-order chi connectivity index (χ0) is 9.26. The molecule has 2 aromatic rings. The molecule has 1 aromatic heterocycles. The lowest BCUT2D eigenvalue weighted by Crippen LogP contribution is -1.91. The summed E-state index contributed by atoms with van der Waals surface area (Å²) in [6.07, 6.45) is 0. The summed E-state index contributed by atoms with van der Waals surface area (Å²) < 4.78 is 0. The van der Waals surface area contributed by atoms with Crippen molar-refractivity contribution < 1.29 is 5.11 Å². The van der Waals surface area contributed by atoms with E-state index in [0.29, 0.717) is 0 Å². The zero-order valence-corrected chi connectivity index (χ0v) is 7.28. The third-order valence-electron chi connectivity index (χ3n) is 1.93. The van der Waals surface area contributed by atoms with Gasteiger partial charge in [0.25, 0.3) is 0 Å². The van der Waals surface area contributed by atoms with E-state index in [1.807, 2.05) is 25.2 Å². The molecule has 2 N–H and O–H groups in total. The highest BCUT2D eigenvalue weighted by Crippen LogP contribution is 2.19. The van der Waals surface area contributed by atoms with Gasteiger partial charge in [0.05, 0.1) is 5.52 Å². The molecule has 0 aliphatic carbocycles. The molecule has 0 saturated heterocycles. The van der Waals surface area contributed by atoms with Gasteiger partial charge in [0, 0.05) is 18.5 Å². The van der Waals surface area contributed by atoms with Crippen LogP contribution in [0, 0.1) is 0 Å². The van der Waals surface area contributed by atoms with Crippen molar-refractivity contribution >= 4 is 16.7 Å². The number of pyridine rings is 1. The molecule has 0 aliphatic rings. The molecule has 13 heavy (non-hydrogen) atoms. The van der Waals surface area contributed by atoms with Gasteiger partial charge in [-0.2, -0.15) is 0 Å². The van der Waals surface area contributed by atoms with Gasteiger partial charge in [-0.3, -0.25) is 0 Å². The number of rotatable bonds is 1. The predicted molar refractivity (Wildman–Crippen MR) is 53.0 cm³/mol. The lowest BCUT2D eigenvalue weighted by molar-refractivity contribution is 0.476. The van der Waals surface area contributed by atoms with Crippen LogP contribution in [0.1, 0.15) is 0 Å². The van der Waals surface area contributed by atoms with Gasteiger partial charge in [-0.1, -0.05) is 0 Å². The predicted octanol–water partition coefficient (Wildman–Crippen LogP) is 1.98. The number of hydrogen-bond acceptors (Lipinski definition) is 3. The number of nitrogens with zero attached hydrogens (tertiary/aromatic N) is 1. The molecule has 1 heterocycles. The summed E-state index contributed by atoms with van der Waals surface area (Å²) in [5, 5.41) is 13.2. The molecule has 2 rings (SSSR count). The molecule has 0 amide bonds. The first kappa shape index (κ1) is 7.86. The van der Waals surface area contributed by atoms with Crippen molar-refractivity contribution in [1.82, 2.24) is 4.98 Å². The van der Waals surface area contributed by atoms with Crippen LogP contribution in [0.4, 0.5) is 5.82 Å². The van der Waals surface area contributed by atoms with Crippen LogP contribution in [0.25, 0.3) is 10.9 Å². The maximum absolute atomic E-state index is 9.23. The Bertz CT molecular complexity index is 440. The third kappa shape index (κ3) is 1.40. The second kappa shape index (κ2) is 2.94. The Kier molecular flexibility index (Phi) is 1.77. The van der Waals surface area contributed by atoms with Gasteiger partial charge in [-0.05, 0) is 24.3 Å². The van der Waals surface area contributed by atoms with E-state index >= 15 is 0 Å². The highest BCUT2D eigenvalue weighted by atomic mass is 16.3. The number of fused-ring (bicyclic) bond motifs is 1. The summed E-state index contributed by atoms with van der Waals surface area (Å²) in [6, 6.07) is 9.02. The van der Waals surface area contributed by atoms with E-state index < -0.39 is 0 Å². The van der Waals surface area contributed by atoms with Gasteiger partial charge in [0.15, 0.2) is 0 Å². The average Bonchev–Trinajstić information content (AvgIpc) is 2.16. The van der Waals surface area contributed by atoms with E-state index in [1.165, 1.54) is 0 Å². The molecular formula is C10H10N2O. The molecule has 0 spiro atoms. The molecule has 0 bridgehead atoms. The van der Waals surface area contributed by atoms with Crippen molar-refractivity contribution in [2.24, 2.45) is 0 Å². The molecule has 0 radical (unpaired) electrons. The summed E-state index contributed by atoms with van der Waals surface area (Å²) in [5.41, 5.74) is 0.798. The molecule has 3 nitrogen and oxygen atoms in total. The van der Waals surface area contributed by atoms with Gasteiger partial charge < -0.3 is 10.4 Å². The van der Waals surface area contributed by atoms with Crippen LogP contribution in [0.5, 0.6) is 5.75 Å². The minimum atomic E-state index is 0.244. The summed E-state index contributed by atoms with van der Waals surface area (Å²) in [6.45, 7) is 0. The van der Waals surface area contributed by atoms with Crippen LogP contribution >= 0.6 is 0 Å². The summed E-state index contributed by atoms with van der Waals surface area (Å²) in [7, 11) is 1.82. The molecule has 66 valence electrons. The monoisotopic (exact) mass is 174 g/mol. The van der Waals surface area contributed by atoms with E-state index in [0.717, 1.165) is 16.7 Å². The topological polar surface area (TPSA) is 45.1 Å². The van der Waals surface area contributed by atoms with Crippen molar-refractivity contribution in [3.05, 3.63) is 30.3 Å². The number of aromatic nitrogens is 1. The quantitative estimate of drug-likeness (QED) is 0.694. The Morgan fingerprint density at radius 2 is 2.00 bits per heavy atom. The van der Waals surface area contributed by atoms with E-state index in [-0.39, 0.29) is 5.75 Å². The maximum atomic E-state index is 9.23. The normalized spacial score (nSPS) is 10.2. The fraction of sp³-hybridized carbons (Fsp3) is 0.100. The van der Waals surface area contributed by atoms with Crippen LogP contribution < -0.4 is 5.32 Å². The molecule has 0 fully saturated rings.